The zero-order chi connectivity index (χ0) is 13.8. The largest absolute Gasteiger partial charge is 0.398 e. The molecule has 100 valence electrons. The van der Waals surface area contributed by atoms with E-state index >= 15 is 0 Å². The van der Waals surface area contributed by atoms with Crippen molar-refractivity contribution in [1.29, 1.82) is 0 Å². The minimum absolute atomic E-state index is 0.0485. The topological polar surface area (TPSA) is 66.6 Å². The SMILES string of the molecule is CCN(CCO)C(=O)c1cc2ccccc2cc1N. The third-order valence-electron chi connectivity index (χ3n) is 3.19. The van der Waals surface area contributed by atoms with Crippen LogP contribution in [0, 0.1) is 0 Å². The van der Waals surface area contributed by atoms with Gasteiger partial charge in [0.25, 0.3) is 5.91 Å². The molecule has 0 aliphatic carbocycles. The quantitative estimate of drug-likeness (QED) is 0.823. The molecule has 0 spiro atoms. The van der Waals surface area contributed by atoms with Crippen LogP contribution in [-0.4, -0.2) is 35.6 Å². The minimum Gasteiger partial charge on any atom is -0.398 e. The highest BCUT2D eigenvalue weighted by molar-refractivity contribution is 6.03. The van der Waals surface area contributed by atoms with Gasteiger partial charge in [0.15, 0.2) is 0 Å². The van der Waals surface area contributed by atoms with Gasteiger partial charge in [0.05, 0.1) is 12.2 Å². The maximum Gasteiger partial charge on any atom is 0.256 e. The van der Waals surface area contributed by atoms with E-state index < -0.39 is 0 Å². The van der Waals surface area contributed by atoms with E-state index in [1.807, 2.05) is 43.3 Å². The summed E-state index contributed by atoms with van der Waals surface area (Å²) in [5.74, 6) is -0.139. The summed E-state index contributed by atoms with van der Waals surface area (Å²) >= 11 is 0. The molecule has 2 aromatic carbocycles. The number of likely N-dealkylation sites (N-methyl/N-ethyl adjacent to an activating group) is 1. The first kappa shape index (κ1) is 13.4. The van der Waals surface area contributed by atoms with Crippen molar-refractivity contribution in [2.24, 2.45) is 0 Å². The molecule has 0 radical (unpaired) electrons. The lowest BCUT2D eigenvalue weighted by atomic mass is 10.0. The van der Waals surface area contributed by atoms with Crippen molar-refractivity contribution in [3.63, 3.8) is 0 Å². The van der Waals surface area contributed by atoms with E-state index in [4.69, 9.17) is 10.8 Å². The highest BCUT2D eigenvalue weighted by Crippen LogP contribution is 2.23. The predicted molar refractivity (Wildman–Crippen MR) is 77.0 cm³/mol. The molecule has 4 heteroatoms. The molecule has 1 amide bonds. The molecule has 0 aliphatic heterocycles. The highest BCUT2D eigenvalue weighted by Gasteiger charge is 2.16. The first-order valence-electron chi connectivity index (χ1n) is 6.35. The van der Waals surface area contributed by atoms with Crippen LogP contribution in [0.3, 0.4) is 0 Å². The Bertz CT molecular complexity index is 596. The van der Waals surface area contributed by atoms with Crippen molar-refractivity contribution < 1.29 is 9.90 Å². The Balaban J connectivity index is 2.43. The molecule has 0 bridgehead atoms. The van der Waals surface area contributed by atoms with Gasteiger partial charge in [0.1, 0.15) is 0 Å². The Labute approximate surface area is 112 Å². The molecule has 0 fully saturated rings. The third-order valence-corrected chi connectivity index (χ3v) is 3.19. The van der Waals surface area contributed by atoms with Gasteiger partial charge in [0.2, 0.25) is 0 Å². The molecular weight excluding hydrogens is 240 g/mol. The molecule has 0 saturated heterocycles. The van der Waals surface area contributed by atoms with Crippen LogP contribution in [0.25, 0.3) is 10.8 Å². The molecule has 19 heavy (non-hydrogen) atoms. The second-order valence-electron chi connectivity index (χ2n) is 4.40. The van der Waals surface area contributed by atoms with Crippen LogP contribution in [0.2, 0.25) is 0 Å². The zero-order valence-corrected chi connectivity index (χ0v) is 11.0. The molecule has 4 nitrogen and oxygen atoms in total. The van der Waals surface area contributed by atoms with Gasteiger partial charge < -0.3 is 15.7 Å². The van der Waals surface area contributed by atoms with Crippen molar-refractivity contribution in [2.45, 2.75) is 6.92 Å². The summed E-state index contributed by atoms with van der Waals surface area (Å²) in [6, 6.07) is 11.4. The van der Waals surface area contributed by atoms with E-state index in [0.717, 1.165) is 10.8 Å². The number of aliphatic hydroxyl groups excluding tert-OH is 1. The molecular formula is C15H18N2O2. The molecule has 2 aromatic rings. The lowest BCUT2D eigenvalue weighted by molar-refractivity contribution is 0.0733. The van der Waals surface area contributed by atoms with Crippen molar-refractivity contribution in [1.82, 2.24) is 4.90 Å². The molecule has 0 aliphatic rings. The highest BCUT2D eigenvalue weighted by atomic mass is 16.3. The monoisotopic (exact) mass is 258 g/mol. The fourth-order valence-corrected chi connectivity index (χ4v) is 2.14. The van der Waals surface area contributed by atoms with Gasteiger partial charge in [-0.2, -0.15) is 0 Å². The summed E-state index contributed by atoms with van der Waals surface area (Å²) < 4.78 is 0. The summed E-state index contributed by atoms with van der Waals surface area (Å²) in [5.41, 5.74) is 6.93. The van der Waals surface area contributed by atoms with Crippen LogP contribution in [-0.2, 0) is 0 Å². The maximum atomic E-state index is 12.4. The normalized spacial score (nSPS) is 10.6. The number of hydrogen-bond donors (Lipinski definition) is 2. The second-order valence-corrected chi connectivity index (χ2v) is 4.40. The molecule has 0 aromatic heterocycles. The van der Waals surface area contributed by atoms with Crippen molar-refractivity contribution in [3.05, 3.63) is 42.0 Å². The summed E-state index contributed by atoms with van der Waals surface area (Å²) in [6.45, 7) is 2.70. The Kier molecular flexibility index (Phi) is 4.02. The number of nitrogens with two attached hydrogens (primary N) is 1. The first-order chi connectivity index (χ1) is 9.17. The third kappa shape index (κ3) is 2.69. The molecule has 3 N–H and O–H groups in total. The van der Waals surface area contributed by atoms with Gasteiger partial charge in [-0.1, -0.05) is 24.3 Å². The van der Waals surface area contributed by atoms with Crippen LogP contribution in [0.4, 0.5) is 5.69 Å². The van der Waals surface area contributed by atoms with Crippen LogP contribution < -0.4 is 5.73 Å². The second kappa shape index (κ2) is 5.71. The molecule has 0 unspecified atom stereocenters. The van der Waals surface area contributed by atoms with E-state index in [2.05, 4.69) is 0 Å². The molecule has 0 heterocycles. The van der Waals surface area contributed by atoms with Gasteiger partial charge in [-0.3, -0.25) is 4.79 Å². The number of nitrogen functional groups attached to an aromatic ring is 1. The average molecular weight is 258 g/mol. The van der Waals surface area contributed by atoms with Gasteiger partial charge in [-0.15, -0.1) is 0 Å². The molecule has 0 saturated carbocycles. The lowest BCUT2D eigenvalue weighted by Gasteiger charge is -2.20. The Morgan fingerprint density at radius 1 is 1.26 bits per heavy atom. The summed E-state index contributed by atoms with van der Waals surface area (Å²) in [6.07, 6.45) is 0. The number of fused-ring (bicyclic) bond motifs is 1. The number of benzene rings is 2. The number of carbonyl (C=O) groups excluding carboxylic acids is 1. The Hall–Kier alpha value is -2.07. The summed E-state index contributed by atoms with van der Waals surface area (Å²) in [4.78, 5) is 13.9. The van der Waals surface area contributed by atoms with Crippen LogP contribution >= 0.6 is 0 Å². The van der Waals surface area contributed by atoms with Crippen molar-refractivity contribution >= 4 is 22.4 Å². The van der Waals surface area contributed by atoms with E-state index in [1.54, 1.807) is 4.90 Å². The number of rotatable bonds is 4. The van der Waals surface area contributed by atoms with Crippen molar-refractivity contribution in [3.8, 4) is 0 Å². The van der Waals surface area contributed by atoms with Gasteiger partial charge in [-0.05, 0) is 29.8 Å². The number of amides is 1. The van der Waals surface area contributed by atoms with Gasteiger partial charge in [-0.25, -0.2) is 0 Å². The summed E-state index contributed by atoms with van der Waals surface area (Å²) in [5, 5.41) is 11.0. The predicted octanol–water partition coefficient (Wildman–Crippen LogP) is 1.88. The fraction of sp³-hybridized carbons (Fsp3) is 0.267. The van der Waals surface area contributed by atoms with Crippen LogP contribution in [0.1, 0.15) is 17.3 Å². The standard InChI is InChI=1S/C15H18N2O2/c1-2-17(7-8-18)15(19)13-9-11-5-3-4-6-12(11)10-14(13)16/h3-6,9-10,18H,2,7-8,16H2,1H3. The minimum atomic E-state index is -0.139. The molecule has 2 rings (SSSR count). The van der Waals surface area contributed by atoms with Crippen LogP contribution in [0.5, 0.6) is 0 Å². The van der Waals surface area contributed by atoms with Gasteiger partial charge >= 0.3 is 0 Å². The van der Waals surface area contributed by atoms with E-state index in [-0.39, 0.29) is 12.5 Å². The number of carbonyl (C=O) groups is 1. The number of hydrogen-bond acceptors (Lipinski definition) is 3. The Morgan fingerprint density at radius 3 is 2.47 bits per heavy atom. The van der Waals surface area contributed by atoms with Crippen LogP contribution in [0.15, 0.2) is 36.4 Å². The number of nitrogens with zero attached hydrogens (tertiary/aromatic N) is 1. The smallest absolute Gasteiger partial charge is 0.256 e. The lowest BCUT2D eigenvalue weighted by Crippen LogP contribution is -2.33. The zero-order valence-electron chi connectivity index (χ0n) is 11.0. The van der Waals surface area contributed by atoms with Gasteiger partial charge in [0, 0.05) is 18.8 Å². The van der Waals surface area contributed by atoms with E-state index in [1.165, 1.54) is 0 Å². The number of anilines is 1. The van der Waals surface area contributed by atoms with Crippen molar-refractivity contribution in [2.75, 3.05) is 25.4 Å². The average Bonchev–Trinajstić information content (AvgIpc) is 2.43. The van der Waals surface area contributed by atoms with E-state index in [9.17, 15) is 4.79 Å². The Morgan fingerprint density at radius 2 is 1.89 bits per heavy atom. The first-order valence-corrected chi connectivity index (χ1v) is 6.35. The molecule has 0 atom stereocenters. The maximum absolute atomic E-state index is 12.4. The fourth-order valence-electron chi connectivity index (χ4n) is 2.14. The number of aliphatic hydroxyl groups is 1. The summed E-state index contributed by atoms with van der Waals surface area (Å²) in [7, 11) is 0. The van der Waals surface area contributed by atoms with E-state index in [0.29, 0.717) is 24.3 Å².